The molecule has 2 aromatic rings. The monoisotopic (exact) mass is 278 g/mol. The van der Waals surface area contributed by atoms with Crippen molar-refractivity contribution in [2.45, 2.75) is 12.8 Å². The molecule has 2 aromatic carbocycles. The Morgan fingerprint density at radius 2 is 1.40 bits per heavy atom. The van der Waals surface area contributed by atoms with E-state index in [1.807, 2.05) is 0 Å². The minimum Gasteiger partial charge on any atom is -0.0805 e. The summed E-state index contributed by atoms with van der Waals surface area (Å²) >= 11 is 0. The third kappa shape index (κ3) is 3.26. The molecule has 0 nitrogen and oxygen atoms in total. The molecule has 100 valence electrons. The average Bonchev–Trinajstić information content (AvgIpc) is 3.03. The zero-order valence-corrected chi connectivity index (χ0v) is 12.5. The molecule has 0 bridgehead atoms. The Morgan fingerprint density at radius 1 is 0.800 bits per heavy atom. The predicted octanol–water partition coefficient (Wildman–Crippen LogP) is 4.40. The largest absolute Gasteiger partial charge is 0.0805 e. The number of benzene rings is 2. The molecule has 0 N–H and O–H groups in total. The fourth-order valence-corrected chi connectivity index (χ4v) is 4.94. The molecule has 20 heavy (non-hydrogen) atoms. The molecule has 0 saturated carbocycles. The van der Waals surface area contributed by atoms with E-state index in [9.17, 15) is 0 Å². The number of hydrogen-bond donors (Lipinski definition) is 0. The molecule has 0 saturated heterocycles. The molecular weight excluding hydrogens is 259 g/mol. The quantitative estimate of drug-likeness (QED) is 0.711. The summed E-state index contributed by atoms with van der Waals surface area (Å²) in [6, 6.07) is 21.9. The van der Waals surface area contributed by atoms with Crippen LogP contribution in [0.5, 0.6) is 0 Å². The second-order valence-corrected chi connectivity index (χ2v) is 7.37. The first-order valence-corrected chi connectivity index (χ1v) is 8.68. The summed E-state index contributed by atoms with van der Waals surface area (Å²) in [7, 11) is -0.236. The van der Waals surface area contributed by atoms with E-state index in [1.165, 1.54) is 23.2 Å². The Balaban J connectivity index is 1.80. The molecule has 1 aliphatic carbocycles. The molecule has 0 radical (unpaired) electrons. The maximum absolute atomic E-state index is 2.28. The zero-order chi connectivity index (χ0) is 13.6. The Kier molecular flexibility index (Phi) is 4.46. The fraction of sp³-hybridized carbons (Fsp3) is 0.158. The molecule has 3 rings (SSSR count). The molecule has 0 spiro atoms. The van der Waals surface area contributed by atoms with Crippen molar-refractivity contribution in [1.82, 2.24) is 0 Å². The molecule has 1 aliphatic rings. The summed E-state index contributed by atoms with van der Waals surface area (Å²) in [5.74, 6) is 0. The maximum atomic E-state index is 2.28. The third-order valence-corrected chi connectivity index (χ3v) is 6.15. The zero-order valence-electron chi connectivity index (χ0n) is 11.6. The van der Waals surface area contributed by atoms with Crippen LogP contribution < -0.4 is 10.6 Å². The van der Waals surface area contributed by atoms with E-state index in [4.69, 9.17) is 0 Å². The van der Waals surface area contributed by atoms with Crippen LogP contribution in [0.1, 0.15) is 12.8 Å². The van der Waals surface area contributed by atoms with Crippen molar-refractivity contribution in [2.75, 3.05) is 6.16 Å². The Labute approximate surface area is 122 Å². The molecule has 0 heterocycles. The lowest BCUT2D eigenvalue weighted by Gasteiger charge is -2.19. The fourth-order valence-electron chi connectivity index (χ4n) is 2.56. The molecule has 0 fully saturated rings. The SMILES string of the molecule is C1=CCC(CCP(c2ccccc2)c2ccccc2)=C1. The van der Waals surface area contributed by atoms with E-state index in [1.54, 1.807) is 5.57 Å². The standard InChI is InChI=1S/C19H19P/c1-3-11-18(12-4-1)20(19-13-5-2-6-14-19)16-15-17-9-7-8-10-17/h1-9,11-14H,10,15-16H2. The minimum atomic E-state index is -0.236. The van der Waals surface area contributed by atoms with Crippen LogP contribution in [0.4, 0.5) is 0 Å². The second-order valence-electron chi connectivity index (χ2n) is 5.03. The first kappa shape index (κ1) is 13.3. The lowest BCUT2D eigenvalue weighted by molar-refractivity contribution is 1.06. The molecule has 0 atom stereocenters. The summed E-state index contributed by atoms with van der Waals surface area (Å²) in [5.41, 5.74) is 1.57. The van der Waals surface area contributed by atoms with Crippen LogP contribution in [0.3, 0.4) is 0 Å². The second kappa shape index (κ2) is 6.68. The summed E-state index contributed by atoms with van der Waals surface area (Å²) in [6.07, 6.45) is 10.3. The van der Waals surface area contributed by atoms with Crippen molar-refractivity contribution in [3.63, 3.8) is 0 Å². The lowest BCUT2D eigenvalue weighted by Crippen LogP contribution is -2.14. The van der Waals surface area contributed by atoms with Gasteiger partial charge in [-0.25, -0.2) is 0 Å². The minimum absolute atomic E-state index is 0.236. The van der Waals surface area contributed by atoms with Gasteiger partial charge in [0, 0.05) is 0 Å². The van der Waals surface area contributed by atoms with Crippen molar-refractivity contribution in [3.05, 3.63) is 84.5 Å². The van der Waals surface area contributed by atoms with Crippen LogP contribution >= 0.6 is 7.92 Å². The molecule has 0 unspecified atom stereocenters. The highest BCUT2D eigenvalue weighted by molar-refractivity contribution is 7.73. The van der Waals surface area contributed by atoms with Gasteiger partial charge in [0.2, 0.25) is 0 Å². The molecular formula is C19H19P. The van der Waals surface area contributed by atoms with Crippen LogP contribution in [0.2, 0.25) is 0 Å². The van der Waals surface area contributed by atoms with E-state index in [-0.39, 0.29) is 7.92 Å². The summed E-state index contributed by atoms with van der Waals surface area (Å²) in [4.78, 5) is 0. The van der Waals surface area contributed by atoms with Gasteiger partial charge in [-0.2, -0.15) is 0 Å². The Morgan fingerprint density at radius 3 is 1.90 bits per heavy atom. The van der Waals surface area contributed by atoms with E-state index in [2.05, 4.69) is 78.9 Å². The van der Waals surface area contributed by atoms with Gasteiger partial charge < -0.3 is 0 Å². The van der Waals surface area contributed by atoms with Gasteiger partial charge in [0.15, 0.2) is 0 Å². The van der Waals surface area contributed by atoms with Crippen LogP contribution in [-0.4, -0.2) is 6.16 Å². The normalized spacial score (nSPS) is 13.8. The summed E-state index contributed by atoms with van der Waals surface area (Å²) in [5, 5.41) is 2.97. The van der Waals surface area contributed by atoms with Gasteiger partial charge >= 0.3 is 0 Å². The highest BCUT2D eigenvalue weighted by Gasteiger charge is 2.14. The van der Waals surface area contributed by atoms with Crippen molar-refractivity contribution in [1.29, 1.82) is 0 Å². The van der Waals surface area contributed by atoms with E-state index >= 15 is 0 Å². The smallest absolute Gasteiger partial charge is 0.0132 e. The highest BCUT2D eigenvalue weighted by atomic mass is 31.1. The van der Waals surface area contributed by atoms with Gasteiger partial charge in [0.1, 0.15) is 0 Å². The average molecular weight is 278 g/mol. The molecule has 1 heteroatoms. The number of allylic oxidation sites excluding steroid dienone is 4. The van der Waals surface area contributed by atoms with Gasteiger partial charge in [-0.15, -0.1) is 0 Å². The third-order valence-electron chi connectivity index (χ3n) is 3.64. The van der Waals surface area contributed by atoms with Crippen molar-refractivity contribution in [2.24, 2.45) is 0 Å². The van der Waals surface area contributed by atoms with Crippen LogP contribution in [0.25, 0.3) is 0 Å². The molecule has 0 amide bonds. The number of hydrogen-bond acceptors (Lipinski definition) is 0. The highest BCUT2D eigenvalue weighted by Crippen LogP contribution is 2.36. The molecule has 0 aromatic heterocycles. The van der Waals surface area contributed by atoms with Crippen molar-refractivity contribution >= 4 is 18.5 Å². The van der Waals surface area contributed by atoms with Gasteiger partial charge in [-0.1, -0.05) is 84.5 Å². The van der Waals surface area contributed by atoms with E-state index in [0.717, 1.165) is 6.42 Å². The number of rotatable bonds is 5. The first-order chi connectivity index (χ1) is 9.93. The lowest BCUT2D eigenvalue weighted by atomic mass is 10.2. The van der Waals surface area contributed by atoms with Gasteiger partial charge in [0.05, 0.1) is 0 Å². The Hall–Kier alpha value is -1.65. The maximum Gasteiger partial charge on any atom is -0.0132 e. The van der Waals surface area contributed by atoms with Crippen LogP contribution in [-0.2, 0) is 0 Å². The van der Waals surface area contributed by atoms with Crippen LogP contribution in [0.15, 0.2) is 84.5 Å². The summed E-state index contributed by atoms with van der Waals surface area (Å²) in [6.45, 7) is 0. The topological polar surface area (TPSA) is 0 Å². The van der Waals surface area contributed by atoms with Gasteiger partial charge in [-0.3, -0.25) is 0 Å². The predicted molar refractivity (Wildman–Crippen MR) is 90.4 cm³/mol. The van der Waals surface area contributed by atoms with Crippen molar-refractivity contribution in [3.8, 4) is 0 Å². The Bertz CT molecular complexity index is 557. The first-order valence-electron chi connectivity index (χ1n) is 7.16. The van der Waals surface area contributed by atoms with Gasteiger partial charge in [0.25, 0.3) is 0 Å². The van der Waals surface area contributed by atoms with Crippen molar-refractivity contribution < 1.29 is 0 Å². The summed E-state index contributed by atoms with van der Waals surface area (Å²) < 4.78 is 0. The van der Waals surface area contributed by atoms with E-state index < -0.39 is 0 Å². The van der Waals surface area contributed by atoms with Crippen LogP contribution in [0, 0.1) is 0 Å². The van der Waals surface area contributed by atoms with Gasteiger partial charge in [-0.05, 0) is 37.5 Å². The molecule has 0 aliphatic heterocycles. The van der Waals surface area contributed by atoms with E-state index in [0.29, 0.717) is 0 Å².